The molecule has 0 saturated heterocycles. The summed E-state index contributed by atoms with van der Waals surface area (Å²) in [6.45, 7) is 1.51. The standard InChI is InChI=1S/C10H7Cl2N3O3/c1-5-13-8(18-15-5)4-17-10(16)9-6(11)2-3-7(12)14-9/h2-3H,4H2,1H3. The molecular weight excluding hydrogens is 281 g/mol. The van der Waals surface area contributed by atoms with Crippen LogP contribution < -0.4 is 0 Å². The van der Waals surface area contributed by atoms with Gasteiger partial charge in [0.05, 0.1) is 5.02 Å². The van der Waals surface area contributed by atoms with Crippen LogP contribution in [0.2, 0.25) is 10.2 Å². The van der Waals surface area contributed by atoms with Gasteiger partial charge in [-0.2, -0.15) is 4.98 Å². The van der Waals surface area contributed by atoms with E-state index in [1.807, 2.05) is 0 Å². The van der Waals surface area contributed by atoms with Gasteiger partial charge < -0.3 is 9.26 Å². The molecule has 2 heterocycles. The van der Waals surface area contributed by atoms with Crippen molar-refractivity contribution in [2.24, 2.45) is 0 Å². The second kappa shape index (κ2) is 5.32. The van der Waals surface area contributed by atoms with Crippen molar-refractivity contribution in [2.45, 2.75) is 13.5 Å². The highest BCUT2D eigenvalue weighted by Gasteiger charge is 2.16. The van der Waals surface area contributed by atoms with Gasteiger partial charge in [-0.15, -0.1) is 0 Å². The number of esters is 1. The Bertz CT molecular complexity index is 585. The zero-order chi connectivity index (χ0) is 13.1. The van der Waals surface area contributed by atoms with Gasteiger partial charge in [-0.1, -0.05) is 28.4 Å². The number of aryl methyl sites for hydroxylation is 1. The lowest BCUT2D eigenvalue weighted by Crippen LogP contribution is -2.08. The van der Waals surface area contributed by atoms with Crippen LogP contribution in [0.5, 0.6) is 0 Å². The van der Waals surface area contributed by atoms with Crippen molar-refractivity contribution in [3.05, 3.63) is 39.7 Å². The average molecular weight is 288 g/mol. The first kappa shape index (κ1) is 12.8. The van der Waals surface area contributed by atoms with E-state index in [-0.39, 0.29) is 28.4 Å². The second-order valence-electron chi connectivity index (χ2n) is 3.28. The molecular formula is C10H7Cl2N3O3. The van der Waals surface area contributed by atoms with Crippen LogP contribution in [0.1, 0.15) is 22.2 Å². The normalized spacial score (nSPS) is 10.4. The van der Waals surface area contributed by atoms with Crippen LogP contribution in [-0.4, -0.2) is 21.1 Å². The van der Waals surface area contributed by atoms with Crippen molar-refractivity contribution >= 4 is 29.2 Å². The topological polar surface area (TPSA) is 78.1 Å². The second-order valence-corrected chi connectivity index (χ2v) is 4.07. The lowest BCUT2D eigenvalue weighted by molar-refractivity contribution is 0.0423. The first-order valence-electron chi connectivity index (χ1n) is 4.84. The van der Waals surface area contributed by atoms with Crippen LogP contribution in [0.15, 0.2) is 16.7 Å². The van der Waals surface area contributed by atoms with Crippen LogP contribution in [-0.2, 0) is 11.3 Å². The Morgan fingerprint density at radius 3 is 2.83 bits per heavy atom. The number of pyridine rings is 1. The monoisotopic (exact) mass is 287 g/mol. The predicted molar refractivity (Wildman–Crippen MR) is 62.4 cm³/mol. The predicted octanol–water partition coefficient (Wildman–Crippen LogP) is 2.44. The van der Waals surface area contributed by atoms with Gasteiger partial charge in [-0.05, 0) is 19.1 Å². The molecule has 0 spiro atoms. The van der Waals surface area contributed by atoms with E-state index in [2.05, 4.69) is 15.1 Å². The molecule has 0 N–H and O–H groups in total. The van der Waals surface area contributed by atoms with Crippen LogP contribution >= 0.6 is 23.2 Å². The number of aromatic nitrogens is 3. The third-order valence-corrected chi connectivity index (χ3v) is 2.42. The van der Waals surface area contributed by atoms with Crippen molar-refractivity contribution in [1.29, 1.82) is 0 Å². The maximum absolute atomic E-state index is 11.7. The van der Waals surface area contributed by atoms with Crippen LogP contribution in [0, 0.1) is 6.92 Å². The van der Waals surface area contributed by atoms with E-state index in [1.165, 1.54) is 12.1 Å². The van der Waals surface area contributed by atoms with Gasteiger partial charge in [-0.3, -0.25) is 0 Å². The van der Waals surface area contributed by atoms with E-state index in [4.69, 9.17) is 32.5 Å². The van der Waals surface area contributed by atoms with Gasteiger partial charge >= 0.3 is 5.97 Å². The lowest BCUT2D eigenvalue weighted by atomic mass is 10.3. The third kappa shape index (κ3) is 2.96. The summed E-state index contributed by atoms with van der Waals surface area (Å²) in [5, 5.41) is 3.87. The molecule has 0 radical (unpaired) electrons. The van der Waals surface area contributed by atoms with Crippen molar-refractivity contribution in [2.75, 3.05) is 0 Å². The molecule has 0 bridgehead atoms. The average Bonchev–Trinajstić information content (AvgIpc) is 2.75. The molecule has 0 saturated carbocycles. The summed E-state index contributed by atoms with van der Waals surface area (Å²) in [5.74, 6) is -0.0580. The van der Waals surface area contributed by atoms with Gasteiger partial charge in [0.2, 0.25) is 0 Å². The maximum Gasteiger partial charge on any atom is 0.359 e. The molecule has 2 rings (SSSR count). The lowest BCUT2D eigenvalue weighted by Gasteiger charge is -2.03. The number of carbonyl (C=O) groups is 1. The fraction of sp³-hybridized carbons (Fsp3) is 0.200. The van der Waals surface area contributed by atoms with E-state index in [0.29, 0.717) is 5.82 Å². The molecule has 2 aromatic rings. The number of halogens is 2. The minimum absolute atomic E-state index is 0.0552. The molecule has 0 unspecified atom stereocenters. The molecule has 6 nitrogen and oxygen atoms in total. The number of hydrogen-bond donors (Lipinski definition) is 0. The highest BCUT2D eigenvalue weighted by molar-refractivity contribution is 6.34. The van der Waals surface area contributed by atoms with Crippen molar-refractivity contribution in [3.63, 3.8) is 0 Å². The summed E-state index contributed by atoms with van der Waals surface area (Å²) in [6.07, 6.45) is 0. The van der Waals surface area contributed by atoms with Gasteiger partial charge in [0.15, 0.2) is 18.1 Å². The quantitative estimate of drug-likeness (QED) is 0.637. The summed E-state index contributed by atoms with van der Waals surface area (Å²) in [6, 6.07) is 2.94. The van der Waals surface area contributed by atoms with E-state index in [1.54, 1.807) is 6.92 Å². The van der Waals surface area contributed by atoms with Crippen molar-refractivity contribution in [1.82, 2.24) is 15.1 Å². The molecule has 0 atom stereocenters. The summed E-state index contributed by atoms with van der Waals surface area (Å²) < 4.78 is 9.71. The summed E-state index contributed by atoms with van der Waals surface area (Å²) in [5.41, 5.74) is -0.0552. The van der Waals surface area contributed by atoms with Gasteiger partial charge in [0.1, 0.15) is 5.15 Å². The fourth-order valence-electron chi connectivity index (χ4n) is 1.16. The Balaban J connectivity index is 2.05. The van der Waals surface area contributed by atoms with Crippen molar-refractivity contribution < 1.29 is 14.1 Å². The molecule has 0 aliphatic rings. The molecule has 8 heteroatoms. The first-order valence-corrected chi connectivity index (χ1v) is 5.60. The zero-order valence-corrected chi connectivity index (χ0v) is 10.7. The third-order valence-electron chi connectivity index (χ3n) is 1.90. The number of nitrogens with zero attached hydrogens (tertiary/aromatic N) is 3. The SMILES string of the molecule is Cc1noc(COC(=O)c2nc(Cl)ccc2Cl)n1. The van der Waals surface area contributed by atoms with E-state index >= 15 is 0 Å². The van der Waals surface area contributed by atoms with E-state index in [9.17, 15) is 4.79 Å². The molecule has 0 aliphatic carbocycles. The molecule has 94 valence electrons. The number of ether oxygens (including phenoxy) is 1. The molecule has 0 amide bonds. The number of hydrogen-bond acceptors (Lipinski definition) is 6. The van der Waals surface area contributed by atoms with Crippen LogP contribution in [0.4, 0.5) is 0 Å². The molecule has 0 aliphatic heterocycles. The molecule has 18 heavy (non-hydrogen) atoms. The van der Waals surface area contributed by atoms with E-state index < -0.39 is 5.97 Å². The minimum Gasteiger partial charge on any atom is -0.451 e. The van der Waals surface area contributed by atoms with Crippen LogP contribution in [0.3, 0.4) is 0 Å². The number of rotatable bonds is 3. The van der Waals surface area contributed by atoms with Crippen LogP contribution in [0.25, 0.3) is 0 Å². The largest absolute Gasteiger partial charge is 0.451 e. The Kier molecular flexibility index (Phi) is 3.78. The Labute approximate surface area is 112 Å². The highest BCUT2D eigenvalue weighted by Crippen LogP contribution is 2.18. The highest BCUT2D eigenvalue weighted by atomic mass is 35.5. The minimum atomic E-state index is -0.710. The summed E-state index contributed by atoms with van der Waals surface area (Å²) in [4.78, 5) is 19.3. The smallest absolute Gasteiger partial charge is 0.359 e. The molecule has 2 aromatic heterocycles. The number of carbonyl (C=O) groups excluding carboxylic acids is 1. The summed E-state index contributed by atoms with van der Waals surface area (Å²) >= 11 is 11.5. The van der Waals surface area contributed by atoms with E-state index in [0.717, 1.165) is 0 Å². The molecule has 0 fully saturated rings. The first-order chi connectivity index (χ1) is 8.56. The Hall–Kier alpha value is -1.66. The van der Waals surface area contributed by atoms with Crippen molar-refractivity contribution in [3.8, 4) is 0 Å². The van der Waals surface area contributed by atoms with Gasteiger partial charge in [0, 0.05) is 0 Å². The van der Waals surface area contributed by atoms with Gasteiger partial charge in [0.25, 0.3) is 5.89 Å². The Morgan fingerprint density at radius 2 is 2.17 bits per heavy atom. The Morgan fingerprint density at radius 1 is 1.39 bits per heavy atom. The fourth-order valence-corrected chi connectivity index (χ4v) is 1.49. The van der Waals surface area contributed by atoms with Gasteiger partial charge in [-0.25, -0.2) is 9.78 Å². The summed E-state index contributed by atoms with van der Waals surface area (Å²) in [7, 11) is 0. The zero-order valence-electron chi connectivity index (χ0n) is 9.18. The molecule has 0 aromatic carbocycles. The maximum atomic E-state index is 11.7.